The van der Waals surface area contributed by atoms with Crippen molar-refractivity contribution in [2.24, 2.45) is 5.92 Å². The smallest absolute Gasteiger partial charge is 0.406 e. The number of carbonyl (C=O) groups excluding carboxylic acids is 1. The first-order chi connectivity index (χ1) is 14.9. The fourth-order valence-corrected chi connectivity index (χ4v) is 3.69. The quantitative estimate of drug-likeness (QED) is 0.740. The number of hydrogen-bond donors (Lipinski definition) is 2. The molecular weight excluding hydrogens is 413 g/mol. The van der Waals surface area contributed by atoms with E-state index in [1.165, 1.54) is 12.1 Å². The zero-order valence-corrected chi connectivity index (χ0v) is 16.3. The molecule has 2 fully saturated rings. The molecule has 0 spiro atoms. The first kappa shape index (κ1) is 21.2. The number of anilines is 1. The molecule has 2 aromatic carbocycles. The molecule has 2 saturated heterocycles. The van der Waals surface area contributed by atoms with E-state index < -0.39 is 12.4 Å². The fraction of sp³-hybridized carbons (Fsp3) is 0.318. The number of carbonyl (C=O) groups is 1. The van der Waals surface area contributed by atoms with Gasteiger partial charge in [-0.1, -0.05) is 42.5 Å². The third-order valence-electron chi connectivity index (χ3n) is 5.09. The lowest BCUT2D eigenvalue weighted by atomic mass is 9.99. The van der Waals surface area contributed by atoms with Crippen molar-refractivity contribution < 1.29 is 32.2 Å². The van der Waals surface area contributed by atoms with Crippen molar-refractivity contribution in [3.05, 3.63) is 66.2 Å². The van der Waals surface area contributed by atoms with Gasteiger partial charge in [-0.25, -0.2) is 4.79 Å². The van der Waals surface area contributed by atoms with Gasteiger partial charge in [-0.05, 0) is 29.8 Å². The van der Waals surface area contributed by atoms with Crippen LogP contribution in [0.4, 0.5) is 23.7 Å². The number of fused-ring (bicyclic) bond motifs is 1. The van der Waals surface area contributed by atoms with Gasteiger partial charge in [0.05, 0.1) is 25.4 Å². The minimum atomic E-state index is -4.76. The highest BCUT2D eigenvalue weighted by Gasteiger charge is 2.47. The Labute approximate surface area is 177 Å². The monoisotopic (exact) mass is 434 g/mol. The van der Waals surface area contributed by atoms with Crippen LogP contribution < -0.4 is 15.4 Å². The summed E-state index contributed by atoms with van der Waals surface area (Å²) in [6.07, 6.45) is -1.09. The van der Waals surface area contributed by atoms with Gasteiger partial charge >= 0.3 is 12.4 Å². The van der Waals surface area contributed by atoms with Crippen LogP contribution in [0, 0.1) is 5.92 Å². The normalized spacial score (nSPS) is 25.4. The summed E-state index contributed by atoms with van der Waals surface area (Å²) in [5, 5.41) is 5.40. The van der Waals surface area contributed by atoms with Crippen molar-refractivity contribution in [3.63, 3.8) is 0 Å². The van der Waals surface area contributed by atoms with Gasteiger partial charge in [0.2, 0.25) is 0 Å². The molecule has 0 radical (unpaired) electrons. The van der Waals surface area contributed by atoms with Crippen molar-refractivity contribution in [1.29, 1.82) is 0 Å². The van der Waals surface area contributed by atoms with Gasteiger partial charge in [0.15, 0.2) is 0 Å². The number of ether oxygens (including phenoxy) is 3. The van der Waals surface area contributed by atoms with Crippen molar-refractivity contribution in [3.8, 4) is 5.75 Å². The van der Waals surface area contributed by atoms with Crippen LogP contribution >= 0.6 is 0 Å². The molecule has 0 saturated carbocycles. The summed E-state index contributed by atoms with van der Waals surface area (Å²) >= 11 is 0. The third kappa shape index (κ3) is 5.56. The molecular formula is C22H21F3N2O4. The largest absolute Gasteiger partial charge is 0.573 e. The van der Waals surface area contributed by atoms with Crippen LogP contribution in [0.2, 0.25) is 0 Å². The summed E-state index contributed by atoms with van der Waals surface area (Å²) < 4.78 is 52.2. The lowest BCUT2D eigenvalue weighted by Gasteiger charge is -2.18. The summed E-state index contributed by atoms with van der Waals surface area (Å²) in [7, 11) is 0. The molecule has 2 amide bonds. The molecule has 0 unspecified atom stereocenters. The Kier molecular flexibility index (Phi) is 6.15. The van der Waals surface area contributed by atoms with Crippen LogP contribution in [0.5, 0.6) is 5.75 Å². The highest BCUT2D eigenvalue weighted by atomic mass is 19.4. The molecule has 0 aromatic heterocycles. The number of urea groups is 1. The van der Waals surface area contributed by atoms with Crippen LogP contribution in [-0.4, -0.2) is 43.9 Å². The van der Waals surface area contributed by atoms with Crippen LogP contribution in [0.25, 0.3) is 6.08 Å². The van der Waals surface area contributed by atoms with E-state index in [2.05, 4.69) is 21.4 Å². The molecule has 0 bridgehead atoms. The summed E-state index contributed by atoms with van der Waals surface area (Å²) in [5.74, 6) is -0.277. The molecule has 6 nitrogen and oxygen atoms in total. The predicted octanol–water partition coefficient (Wildman–Crippen LogP) is 4.20. The molecule has 2 heterocycles. The highest BCUT2D eigenvalue weighted by molar-refractivity contribution is 5.89. The maximum Gasteiger partial charge on any atom is 0.573 e. The number of alkyl halides is 3. The van der Waals surface area contributed by atoms with Gasteiger partial charge < -0.3 is 24.8 Å². The number of nitrogens with one attached hydrogen (secondary N) is 2. The first-order valence-corrected chi connectivity index (χ1v) is 9.77. The molecule has 164 valence electrons. The summed E-state index contributed by atoms with van der Waals surface area (Å²) in [6, 6.07) is 14.0. The maximum atomic E-state index is 12.3. The predicted molar refractivity (Wildman–Crippen MR) is 108 cm³/mol. The SMILES string of the molecule is O=C(Nc1ccc(OC(F)(F)F)cc1)N[C@H]1CO[C@H]2[C@@H]1OC[C@@H]2C=Cc1ccccc1. The topological polar surface area (TPSA) is 68.8 Å². The Hall–Kier alpha value is -3.04. The number of rotatable bonds is 5. The van der Waals surface area contributed by atoms with Crippen molar-refractivity contribution in [2.45, 2.75) is 24.6 Å². The third-order valence-corrected chi connectivity index (χ3v) is 5.09. The minimum Gasteiger partial charge on any atom is -0.406 e. The van der Waals surface area contributed by atoms with E-state index in [-0.39, 0.29) is 29.9 Å². The Bertz CT molecular complexity index is 919. The highest BCUT2D eigenvalue weighted by Crippen LogP contribution is 2.32. The lowest BCUT2D eigenvalue weighted by Crippen LogP contribution is -2.45. The second-order valence-corrected chi connectivity index (χ2v) is 7.31. The van der Waals surface area contributed by atoms with Gasteiger partial charge in [-0.3, -0.25) is 0 Å². The summed E-state index contributed by atoms with van der Waals surface area (Å²) in [5.41, 5.74) is 1.42. The average molecular weight is 434 g/mol. The lowest BCUT2D eigenvalue weighted by molar-refractivity contribution is -0.274. The molecule has 9 heteroatoms. The van der Waals surface area contributed by atoms with Crippen LogP contribution in [0.3, 0.4) is 0 Å². The molecule has 4 rings (SSSR count). The molecule has 4 atom stereocenters. The molecule has 2 N–H and O–H groups in total. The first-order valence-electron chi connectivity index (χ1n) is 9.77. The Balaban J connectivity index is 1.29. The molecule has 2 aromatic rings. The Morgan fingerprint density at radius 2 is 1.71 bits per heavy atom. The van der Waals surface area contributed by atoms with E-state index in [0.717, 1.165) is 17.7 Å². The molecule has 2 aliphatic heterocycles. The average Bonchev–Trinajstić information content (AvgIpc) is 3.31. The van der Waals surface area contributed by atoms with Gasteiger partial charge in [0.1, 0.15) is 11.9 Å². The van der Waals surface area contributed by atoms with Gasteiger partial charge in [0, 0.05) is 11.6 Å². The number of hydrogen-bond acceptors (Lipinski definition) is 4. The second-order valence-electron chi connectivity index (χ2n) is 7.31. The van der Waals surface area contributed by atoms with Gasteiger partial charge in [0.25, 0.3) is 0 Å². The van der Waals surface area contributed by atoms with Crippen molar-refractivity contribution in [1.82, 2.24) is 5.32 Å². The zero-order valence-electron chi connectivity index (χ0n) is 16.3. The van der Waals surface area contributed by atoms with Crippen molar-refractivity contribution >= 4 is 17.8 Å². The van der Waals surface area contributed by atoms with E-state index >= 15 is 0 Å². The fourth-order valence-electron chi connectivity index (χ4n) is 3.69. The Morgan fingerprint density at radius 1 is 1.00 bits per heavy atom. The van der Waals surface area contributed by atoms with Gasteiger partial charge in [-0.15, -0.1) is 13.2 Å². The van der Waals surface area contributed by atoms with E-state index in [9.17, 15) is 18.0 Å². The Morgan fingerprint density at radius 3 is 2.42 bits per heavy atom. The number of halogens is 3. The van der Waals surface area contributed by atoms with E-state index in [4.69, 9.17) is 9.47 Å². The summed E-state index contributed by atoms with van der Waals surface area (Å²) in [4.78, 5) is 12.3. The zero-order chi connectivity index (χ0) is 21.8. The van der Waals surface area contributed by atoms with Crippen LogP contribution in [0.15, 0.2) is 60.7 Å². The van der Waals surface area contributed by atoms with E-state index in [0.29, 0.717) is 18.9 Å². The van der Waals surface area contributed by atoms with Crippen molar-refractivity contribution in [2.75, 3.05) is 18.5 Å². The second kappa shape index (κ2) is 8.99. The van der Waals surface area contributed by atoms with Gasteiger partial charge in [-0.2, -0.15) is 0 Å². The number of amides is 2. The van der Waals surface area contributed by atoms with Crippen LogP contribution in [-0.2, 0) is 9.47 Å². The number of benzene rings is 2. The molecule has 0 aliphatic carbocycles. The standard InChI is InChI=1S/C22H21F3N2O4/c23-22(24,25)31-17-10-8-16(9-11-17)26-21(28)27-18-13-30-19-15(12-29-20(18)19)7-6-14-4-2-1-3-5-14/h1-11,15,18-20H,12-13H2,(H2,26,27,28)/t15-,18-,19+,20+/m0/s1. The van der Waals surface area contributed by atoms with E-state index in [1.54, 1.807) is 0 Å². The van der Waals surface area contributed by atoms with E-state index in [1.807, 2.05) is 36.4 Å². The molecule has 2 aliphatic rings. The summed E-state index contributed by atoms with van der Waals surface area (Å²) in [6.45, 7) is 0.815. The maximum absolute atomic E-state index is 12.3. The minimum absolute atomic E-state index is 0.0845. The molecule has 31 heavy (non-hydrogen) atoms. The van der Waals surface area contributed by atoms with Crippen LogP contribution in [0.1, 0.15) is 5.56 Å².